The van der Waals surface area contributed by atoms with E-state index < -0.39 is 5.76 Å². The van der Waals surface area contributed by atoms with Crippen molar-refractivity contribution in [1.82, 2.24) is 4.98 Å². The van der Waals surface area contributed by atoms with Crippen molar-refractivity contribution < 1.29 is 9.15 Å². The highest BCUT2D eigenvalue weighted by Crippen LogP contribution is 2.35. The molecule has 0 amide bonds. The summed E-state index contributed by atoms with van der Waals surface area (Å²) in [7, 11) is 1.74. The molecule has 1 aromatic carbocycles. The molecule has 6 nitrogen and oxygen atoms in total. The van der Waals surface area contributed by atoms with Gasteiger partial charge >= 0.3 is 5.76 Å². The van der Waals surface area contributed by atoms with Crippen LogP contribution in [0.2, 0.25) is 0 Å². The molecule has 2 aromatic rings. The number of hydrogen-bond donors (Lipinski definition) is 3. The molecule has 1 fully saturated rings. The lowest BCUT2D eigenvalue weighted by molar-refractivity contribution is -0.0601. The van der Waals surface area contributed by atoms with E-state index in [1.54, 1.807) is 19.2 Å². The molecular weight excluding hydrogens is 246 g/mol. The van der Waals surface area contributed by atoms with E-state index in [1.165, 1.54) is 6.42 Å². The highest BCUT2D eigenvalue weighted by Gasteiger charge is 2.36. The predicted octanol–water partition coefficient (Wildman–Crippen LogP) is 1.68. The van der Waals surface area contributed by atoms with Gasteiger partial charge in [-0.15, -0.1) is 0 Å². The summed E-state index contributed by atoms with van der Waals surface area (Å²) in [5.74, 6) is -0.473. The van der Waals surface area contributed by atoms with E-state index in [9.17, 15) is 4.79 Å². The van der Waals surface area contributed by atoms with Gasteiger partial charge in [-0.1, -0.05) is 0 Å². The van der Waals surface area contributed by atoms with Crippen LogP contribution in [0.3, 0.4) is 0 Å². The van der Waals surface area contributed by atoms with Crippen LogP contribution < -0.4 is 16.8 Å². The molecular formula is C13H17N3O3. The number of hydrogen-bond acceptors (Lipinski definition) is 5. The summed E-state index contributed by atoms with van der Waals surface area (Å²) in [4.78, 5) is 13.7. The van der Waals surface area contributed by atoms with Crippen molar-refractivity contribution in [2.45, 2.75) is 24.9 Å². The minimum absolute atomic E-state index is 0.0782. The quantitative estimate of drug-likeness (QED) is 0.730. The number of H-pyrrole nitrogens is 1. The first kappa shape index (κ1) is 12.1. The molecule has 0 bridgehead atoms. The van der Waals surface area contributed by atoms with Gasteiger partial charge < -0.3 is 20.2 Å². The van der Waals surface area contributed by atoms with Gasteiger partial charge in [-0.25, -0.2) is 4.79 Å². The first-order valence-corrected chi connectivity index (χ1v) is 6.33. The highest BCUT2D eigenvalue weighted by atomic mass is 16.5. The summed E-state index contributed by atoms with van der Waals surface area (Å²) in [6.07, 6.45) is 3.31. The van der Waals surface area contributed by atoms with E-state index in [0.29, 0.717) is 23.3 Å². The standard InChI is InChI=1S/C13H17N3O3/c1-18-13(3-2-4-13)7-15-9-6-10-11(5-8(9)14)19-12(17)16-10/h5-6,15H,2-4,7,14H2,1H3,(H,16,17). The molecule has 3 rings (SSSR count). The lowest BCUT2D eigenvalue weighted by atomic mass is 9.80. The molecule has 1 saturated carbocycles. The van der Waals surface area contributed by atoms with Crippen LogP contribution >= 0.6 is 0 Å². The van der Waals surface area contributed by atoms with Gasteiger partial charge in [0, 0.05) is 19.7 Å². The molecule has 0 radical (unpaired) electrons. The Labute approximate surface area is 109 Å². The molecule has 1 aliphatic rings. The highest BCUT2D eigenvalue weighted by molar-refractivity contribution is 5.85. The van der Waals surface area contributed by atoms with Gasteiger partial charge in [-0.2, -0.15) is 0 Å². The Morgan fingerprint density at radius 3 is 2.95 bits per heavy atom. The van der Waals surface area contributed by atoms with E-state index in [2.05, 4.69) is 10.3 Å². The Kier molecular flexibility index (Phi) is 2.74. The first-order chi connectivity index (χ1) is 9.12. The third kappa shape index (κ3) is 2.08. The average Bonchev–Trinajstić information content (AvgIpc) is 2.67. The van der Waals surface area contributed by atoms with Crippen LogP contribution in [0, 0.1) is 0 Å². The normalized spacial score (nSPS) is 17.3. The zero-order valence-electron chi connectivity index (χ0n) is 10.8. The van der Waals surface area contributed by atoms with E-state index in [1.807, 2.05) is 0 Å². The minimum Gasteiger partial charge on any atom is -0.408 e. The van der Waals surface area contributed by atoms with Crippen molar-refractivity contribution in [3.63, 3.8) is 0 Å². The number of ether oxygens (including phenoxy) is 1. The Morgan fingerprint density at radius 1 is 1.53 bits per heavy atom. The van der Waals surface area contributed by atoms with Crippen LogP contribution in [0.5, 0.6) is 0 Å². The smallest absolute Gasteiger partial charge is 0.408 e. The molecule has 1 aromatic heterocycles. The molecule has 0 spiro atoms. The summed E-state index contributed by atoms with van der Waals surface area (Å²) in [6, 6.07) is 3.44. The van der Waals surface area contributed by atoms with Gasteiger partial charge in [0.15, 0.2) is 5.58 Å². The minimum atomic E-state index is -0.473. The third-order valence-electron chi connectivity index (χ3n) is 3.89. The van der Waals surface area contributed by atoms with Crippen LogP contribution in [0.4, 0.5) is 11.4 Å². The van der Waals surface area contributed by atoms with Crippen LogP contribution in [-0.2, 0) is 4.74 Å². The molecule has 1 heterocycles. The zero-order valence-corrected chi connectivity index (χ0v) is 10.8. The summed E-state index contributed by atoms with van der Waals surface area (Å²) in [5.41, 5.74) is 8.32. The van der Waals surface area contributed by atoms with Crippen molar-refractivity contribution >= 4 is 22.5 Å². The first-order valence-electron chi connectivity index (χ1n) is 6.33. The second-order valence-electron chi connectivity index (χ2n) is 5.04. The summed E-state index contributed by atoms with van der Waals surface area (Å²) >= 11 is 0. The molecule has 1 aliphatic carbocycles. The van der Waals surface area contributed by atoms with Gasteiger partial charge in [-0.3, -0.25) is 4.98 Å². The van der Waals surface area contributed by atoms with Crippen LogP contribution in [0.25, 0.3) is 11.1 Å². The lowest BCUT2D eigenvalue weighted by Gasteiger charge is -2.40. The van der Waals surface area contributed by atoms with Gasteiger partial charge in [-0.05, 0) is 25.3 Å². The second kappa shape index (κ2) is 4.31. The van der Waals surface area contributed by atoms with Crippen molar-refractivity contribution in [3.8, 4) is 0 Å². The predicted molar refractivity (Wildman–Crippen MR) is 73.3 cm³/mol. The Morgan fingerprint density at radius 2 is 2.32 bits per heavy atom. The third-order valence-corrected chi connectivity index (χ3v) is 3.89. The fraction of sp³-hybridized carbons (Fsp3) is 0.462. The number of oxazole rings is 1. The van der Waals surface area contributed by atoms with Crippen LogP contribution in [-0.4, -0.2) is 24.2 Å². The molecule has 0 aliphatic heterocycles. The molecule has 4 N–H and O–H groups in total. The number of nitrogens with two attached hydrogens (primary N) is 1. The number of fused-ring (bicyclic) bond motifs is 1. The molecule has 19 heavy (non-hydrogen) atoms. The van der Waals surface area contributed by atoms with Crippen molar-refractivity contribution in [3.05, 3.63) is 22.7 Å². The Bertz CT molecular complexity index is 649. The Balaban J connectivity index is 1.84. The number of benzene rings is 1. The molecule has 6 heteroatoms. The SMILES string of the molecule is COC1(CNc2cc3[nH]c(=O)oc3cc2N)CCC1. The maximum atomic E-state index is 11.1. The van der Waals surface area contributed by atoms with E-state index in [0.717, 1.165) is 18.5 Å². The number of nitrogens with one attached hydrogen (secondary N) is 2. The van der Waals surface area contributed by atoms with E-state index in [-0.39, 0.29) is 5.60 Å². The molecule has 102 valence electrons. The van der Waals surface area contributed by atoms with Crippen molar-refractivity contribution in [2.75, 3.05) is 24.7 Å². The summed E-state index contributed by atoms with van der Waals surface area (Å²) in [6.45, 7) is 0.710. The summed E-state index contributed by atoms with van der Waals surface area (Å²) in [5, 5.41) is 3.29. The fourth-order valence-corrected chi connectivity index (χ4v) is 2.45. The molecule has 0 unspecified atom stereocenters. The zero-order chi connectivity index (χ0) is 13.5. The molecule has 0 atom stereocenters. The number of rotatable bonds is 4. The van der Waals surface area contributed by atoms with Crippen LogP contribution in [0.15, 0.2) is 21.3 Å². The van der Waals surface area contributed by atoms with Gasteiger partial charge in [0.25, 0.3) is 0 Å². The number of aromatic amines is 1. The van der Waals surface area contributed by atoms with Crippen molar-refractivity contribution in [2.24, 2.45) is 0 Å². The lowest BCUT2D eigenvalue weighted by Crippen LogP contribution is -2.45. The van der Waals surface area contributed by atoms with Gasteiger partial charge in [0.1, 0.15) is 0 Å². The number of nitrogen functional groups attached to an aromatic ring is 1. The maximum absolute atomic E-state index is 11.1. The van der Waals surface area contributed by atoms with Crippen LogP contribution in [0.1, 0.15) is 19.3 Å². The Hall–Kier alpha value is -1.95. The average molecular weight is 263 g/mol. The number of anilines is 2. The van der Waals surface area contributed by atoms with E-state index >= 15 is 0 Å². The molecule has 0 saturated heterocycles. The maximum Gasteiger partial charge on any atom is 0.417 e. The van der Waals surface area contributed by atoms with Gasteiger partial charge in [0.05, 0.1) is 22.5 Å². The summed E-state index contributed by atoms with van der Waals surface area (Å²) < 4.78 is 10.5. The van der Waals surface area contributed by atoms with Crippen molar-refractivity contribution in [1.29, 1.82) is 0 Å². The van der Waals surface area contributed by atoms with Gasteiger partial charge in [0.2, 0.25) is 0 Å². The van der Waals surface area contributed by atoms with E-state index in [4.69, 9.17) is 14.9 Å². The number of methoxy groups -OCH3 is 1. The fourth-order valence-electron chi connectivity index (χ4n) is 2.45. The topological polar surface area (TPSA) is 93.3 Å². The monoisotopic (exact) mass is 263 g/mol. The largest absolute Gasteiger partial charge is 0.417 e. The number of aromatic nitrogens is 1. The second-order valence-corrected chi connectivity index (χ2v) is 5.04.